The van der Waals surface area contributed by atoms with Crippen LogP contribution in [0.2, 0.25) is 0 Å². The van der Waals surface area contributed by atoms with Gasteiger partial charge in [0.25, 0.3) is 0 Å². The number of nitriles is 1. The Morgan fingerprint density at radius 2 is 1.54 bits per heavy atom. The molecule has 1 N–H and O–H groups in total. The molecule has 0 saturated carbocycles. The van der Waals surface area contributed by atoms with Crippen molar-refractivity contribution in [3.05, 3.63) is 84.4 Å². The van der Waals surface area contributed by atoms with Crippen LogP contribution in [-0.2, 0) is 0 Å². The third kappa shape index (κ3) is 2.40. The van der Waals surface area contributed by atoms with Crippen molar-refractivity contribution in [2.45, 2.75) is 0 Å². The molecule has 0 unspecified atom stereocenters. The van der Waals surface area contributed by atoms with Gasteiger partial charge in [-0.15, -0.1) is 0 Å². The lowest BCUT2D eigenvalue weighted by atomic mass is 10.0. The maximum Gasteiger partial charge on any atom is 0.164 e. The van der Waals surface area contributed by atoms with Crippen LogP contribution >= 0.6 is 0 Å². The summed E-state index contributed by atoms with van der Waals surface area (Å²) in [5, 5.41) is 25.3. The summed E-state index contributed by atoms with van der Waals surface area (Å²) in [5.74, 6) is 0.168. The third-order valence-electron chi connectivity index (χ3n) is 4.76. The summed E-state index contributed by atoms with van der Waals surface area (Å²) in [4.78, 5) is 4.84. The minimum absolute atomic E-state index is 0.168. The van der Waals surface area contributed by atoms with E-state index in [2.05, 4.69) is 6.07 Å². The molecule has 0 aliphatic carbocycles. The standard InChI is InChI=1S/C23H14N4O/c24-14-19-21(15-6-2-1-3-7-15)25-23-18-8-4-5-9-20(18)26-27(23)22(19)16-10-12-17(28)13-11-16/h1-13,28H. The van der Waals surface area contributed by atoms with Crippen molar-refractivity contribution >= 4 is 16.6 Å². The van der Waals surface area contributed by atoms with Crippen LogP contribution in [0.1, 0.15) is 5.56 Å². The van der Waals surface area contributed by atoms with Gasteiger partial charge in [-0.05, 0) is 36.4 Å². The van der Waals surface area contributed by atoms with Gasteiger partial charge < -0.3 is 5.11 Å². The lowest BCUT2D eigenvalue weighted by Crippen LogP contribution is -2.03. The summed E-state index contributed by atoms with van der Waals surface area (Å²) in [6.07, 6.45) is 0. The van der Waals surface area contributed by atoms with Gasteiger partial charge in [0, 0.05) is 16.5 Å². The lowest BCUT2D eigenvalue weighted by molar-refractivity contribution is 0.475. The Morgan fingerprint density at radius 3 is 2.29 bits per heavy atom. The maximum absolute atomic E-state index is 10.0. The summed E-state index contributed by atoms with van der Waals surface area (Å²) >= 11 is 0. The molecule has 5 heteroatoms. The normalized spacial score (nSPS) is 11.0. The summed E-state index contributed by atoms with van der Waals surface area (Å²) in [7, 11) is 0. The van der Waals surface area contributed by atoms with E-state index in [1.165, 1.54) is 0 Å². The van der Waals surface area contributed by atoms with E-state index in [1.54, 1.807) is 28.8 Å². The number of fused-ring (bicyclic) bond motifs is 3. The zero-order chi connectivity index (χ0) is 19.1. The van der Waals surface area contributed by atoms with Gasteiger partial charge in [-0.25, -0.2) is 9.50 Å². The van der Waals surface area contributed by atoms with Crippen molar-refractivity contribution in [3.63, 3.8) is 0 Å². The number of benzene rings is 3. The summed E-state index contributed by atoms with van der Waals surface area (Å²) in [6.45, 7) is 0. The van der Waals surface area contributed by atoms with E-state index < -0.39 is 0 Å². The molecule has 28 heavy (non-hydrogen) atoms. The molecular weight excluding hydrogens is 348 g/mol. The molecule has 5 aromatic rings. The molecule has 0 fully saturated rings. The highest BCUT2D eigenvalue weighted by Crippen LogP contribution is 2.34. The number of phenols is 1. The monoisotopic (exact) mass is 362 g/mol. The van der Waals surface area contributed by atoms with E-state index in [-0.39, 0.29) is 5.75 Å². The Kier molecular flexibility index (Phi) is 3.56. The van der Waals surface area contributed by atoms with Gasteiger partial charge in [-0.1, -0.05) is 42.5 Å². The smallest absolute Gasteiger partial charge is 0.164 e. The molecule has 0 aliphatic rings. The molecule has 0 saturated heterocycles. The first-order valence-corrected chi connectivity index (χ1v) is 8.82. The van der Waals surface area contributed by atoms with Crippen molar-refractivity contribution in [1.82, 2.24) is 14.6 Å². The van der Waals surface area contributed by atoms with Crippen molar-refractivity contribution in [1.29, 1.82) is 5.26 Å². The van der Waals surface area contributed by atoms with Gasteiger partial charge in [0.05, 0.1) is 16.9 Å². The third-order valence-corrected chi connectivity index (χ3v) is 4.76. The van der Waals surface area contributed by atoms with E-state index in [9.17, 15) is 10.4 Å². The van der Waals surface area contributed by atoms with Gasteiger partial charge in [-0.3, -0.25) is 0 Å². The Balaban J connectivity index is 1.97. The molecule has 0 atom stereocenters. The van der Waals surface area contributed by atoms with E-state index in [4.69, 9.17) is 10.1 Å². The van der Waals surface area contributed by atoms with Gasteiger partial charge in [-0.2, -0.15) is 10.4 Å². The van der Waals surface area contributed by atoms with Crippen LogP contribution in [-0.4, -0.2) is 19.7 Å². The number of nitrogens with zero attached hydrogens (tertiary/aromatic N) is 4. The number of hydrogen-bond acceptors (Lipinski definition) is 4. The second kappa shape index (κ2) is 6.22. The molecule has 3 aromatic carbocycles. The second-order valence-electron chi connectivity index (χ2n) is 6.46. The van der Waals surface area contributed by atoms with Crippen LogP contribution in [0.3, 0.4) is 0 Å². The number of aromatic nitrogens is 3. The van der Waals surface area contributed by atoms with Crippen molar-refractivity contribution < 1.29 is 5.11 Å². The molecular formula is C23H14N4O. The van der Waals surface area contributed by atoms with Crippen molar-refractivity contribution in [2.24, 2.45) is 0 Å². The zero-order valence-corrected chi connectivity index (χ0v) is 14.7. The van der Waals surface area contributed by atoms with Gasteiger partial charge in [0.15, 0.2) is 5.65 Å². The van der Waals surface area contributed by atoms with Crippen LogP contribution in [0, 0.1) is 11.3 Å². The largest absolute Gasteiger partial charge is 0.508 e. The number of rotatable bonds is 2. The second-order valence-corrected chi connectivity index (χ2v) is 6.46. The molecule has 2 heterocycles. The van der Waals surface area contributed by atoms with E-state index in [0.717, 1.165) is 22.0 Å². The van der Waals surface area contributed by atoms with E-state index >= 15 is 0 Å². The number of hydrogen-bond donors (Lipinski definition) is 1. The fourth-order valence-corrected chi connectivity index (χ4v) is 3.46. The Hall–Kier alpha value is -4.17. The minimum Gasteiger partial charge on any atom is -0.508 e. The van der Waals surface area contributed by atoms with Gasteiger partial charge in [0.2, 0.25) is 0 Å². The molecule has 132 valence electrons. The first-order chi connectivity index (χ1) is 13.8. The minimum atomic E-state index is 0.168. The lowest BCUT2D eigenvalue weighted by Gasteiger charge is -2.12. The highest BCUT2D eigenvalue weighted by molar-refractivity contribution is 5.95. The van der Waals surface area contributed by atoms with Crippen LogP contribution in [0.15, 0.2) is 78.9 Å². The highest BCUT2D eigenvalue weighted by Gasteiger charge is 2.20. The van der Waals surface area contributed by atoms with Crippen molar-refractivity contribution in [2.75, 3.05) is 0 Å². The zero-order valence-electron chi connectivity index (χ0n) is 14.7. The molecule has 2 aromatic heterocycles. The van der Waals surface area contributed by atoms with Crippen LogP contribution < -0.4 is 0 Å². The predicted molar refractivity (Wildman–Crippen MR) is 108 cm³/mol. The number of phenolic OH excluding ortho intramolecular Hbond substituents is 1. The van der Waals surface area contributed by atoms with E-state index in [0.29, 0.717) is 22.6 Å². The first-order valence-electron chi connectivity index (χ1n) is 8.82. The summed E-state index contributed by atoms with van der Waals surface area (Å²) in [5.41, 5.74) is 4.86. The van der Waals surface area contributed by atoms with Crippen LogP contribution in [0.25, 0.3) is 39.1 Å². The molecule has 0 bridgehead atoms. The first kappa shape index (κ1) is 16.0. The maximum atomic E-state index is 10.0. The summed E-state index contributed by atoms with van der Waals surface area (Å²) < 4.78 is 1.72. The average molecular weight is 362 g/mol. The van der Waals surface area contributed by atoms with Crippen LogP contribution in [0.4, 0.5) is 0 Å². The Morgan fingerprint density at radius 1 is 0.821 bits per heavy atom. The molecule has 5 nitrogen and oxygen atoms in total. The summed E-state index contributed by atoms with van der Waals surface area (Å²) in [6, 6.07) is 26.6. The Bertz CT molecular complexity index is 1360. The van der Waals surface area contributed by atoms with Crippen LogP contribution in [0.5, 0.6) is 5.75 Å². The Labute approximate surface area is 160 Å². The van der Waals surface area contributed by atoms with Gasteiger partial charge in [0.1, 0.15) is 17.4 Å². The fourth-order valence-electron chi connectivity index (χ4n) is 3.46. The van der Waals surface area contributed by atoms with Gasteiger partial charge >= 0.3 is 0 Å². The SMILES string of the molecule is N#Cc1c(-c2ccccc2)nc2c3ccccc3nn2c1-c1ccc(O)cc1. The topological polar surface area (TPSA) is 74.2 Å². The highest BCUT2D eigenvalue weighted by atomic mass is 16.3. The molecule has 0 amide bonds. The quantitative estimate of drug-likeness (QED) is 0.490. The molecule has 5 rings (SSSR count). The van der Waals surface area contributed by atoms with E-state index in [1.807, 2.05) is 54.6 Å². The average Bonchev–Trinajstić information content (AvgIpc) is 3.12. The molecule has 0 spiro atoms. The predicted octanol–water partition coefficient (Wildman–Crippen LogP) is 4.79. The fraction of sp³-hybridized carbons (Fsp3) is 0. The number of aromatic hydroxyl groups is 1. The van der Waals surface area contributed by atoms with Crippen molar-refractivity contribution in [3.8, 4) is 34.3 Å². The molecule has 0 aliphatic heterocycles. The molecule has 0 radical (unpaired) electrons.